The summed E-state index contributed by atoms with van der Waals surface area (Å²) in [6.45, 7) is 6.91. The Balaban J connectivity index is 5.28. The number of aliphatic carboxylic acids is 1. The van der Waals surface area contributed by atoms with Crippen molar-refractivity contribution < 1.29 is 9.90 Å². The number of unbranched alkanes of at least 4 members (excludes halogenated alkanes) is 3. The van der Waals surface area contributed by atoms with Gasteiger partial charge in [-0.1, -0.05) is 0 Å². The molecular formula is C16H35O2P. The van der Waals surface area contributed by atoms with Gasteiger partial charge in [0.05, 0.1) is 0 Å². The van der Waals surface area contributed by atoms with Crippen molar-refractivity contribution in [2.24, 2.45) is 0 Å². The second-order valence-corrected chi connectivity index (χ2v) is 13.1. The minimum atomic E-state index is -2.03. The van der Waals surface area contributed by atoms with Crippen molar-refractivity contribution >= 4 is 12.6 Å². The molecule has 0 aliphatic rings. The summed E-state index contributed by atoms with van der Waals surface area (Å²) >= 11 is 0. The van der Waals surface area contributed by atoms with E-state index in [1.807, 2.05) is 0 Å². The van der Waals surface area contributed by atoms with Crippen LogP contribution in [0.1, 0.15) is 66.2 Å². The topological polar surface area (TPSA) is 37.3 Å². The van der Waals surface area contributed by atoms with Gasteiger partial charge in [-0.2, -0.15) is 0 Å². The Labute approximate surface area is 120 Å². The fourth-order valence-electron chi connectivity index (χ4n) is 3.36. The maximum absolute atomic E-state index is 11.5. The van der Waals surface area contributed by atoms with Crippen LogP contribution in [0.4, 0.5) is 0 Å². The zero-order valence-corrected chi connectivity index (χ0v) is 14.5. The molecular weight excluding hydrogens is 255 g/mol. The van der Waals surface area contributed by atoms with Gasteiger partial charge in [0.2, 0.25) is 0 Å². The van der Waals surface area contributed by atoms with Gasteiger partial charge < -0.3 is 0 Å². The third-order valence-corrected chi connectivity index (χ3v) is 12.6. The SMILES string of the molecule is CCCCP(CC)(CCCC)(CCCC)CC(=O)O. The van der Waals surface area contributed by atoms with Crippen LogP contribution < -0.4 is 0 Å². The number of hydrogen-bond acceptors (Lipinski definition) is 1. The first-order valence-electron chi connectivity index (χ1n) is 8.19. The monoisotopic (exact) mass is 290 g/mol. The van der Waals surface area contributed by atoms with E-state index in [-0.39, 0.29) is 0 Å². The van der Waals surface area contributed by atoms with Crippen LogP contribution in [0.15, 0.2) is 0 Å². The number of carboxylic acid groups (broad SMARTS) is 1. The minimum absolute atomic E-state index is 0.488. The molecule has 2 nitrogen and oxygen atoms in total. The molecule has 0 aromatic heterocycles. The van der Waals surface area contributed by atoms with Crippen LogP contribution in [0.3, 0.4) is 0 Å². The summed E-state index contributed by atoms with van der Waals surface area (Å²) in [6, 6.07) is 0. The van der Waals surface area contributed by atoms with Crippen molar-refractivity contribution in [3.8, 4) is 0 Å². The van der Waals surface area contributed by atoms with Crippen LogP contribution in [0.25, 0.3) is 0 Å². The Kier molecular flexibility index (Phi) is 8.90. The number of rotatable bonds is 12. The number of carbonyl (C=O) groups is 1. The standard InChI is InChI=1S/C16H35O2P/c1-5-9-12-19(8-4,13-10-6-2,14-11-7-3)15-16(17)18/h5-15H2,1-4H3,(H,17,18). The summed E-state index contributed by atoms with van der Waals surface area (Å²) in [5, 5.41) is 9.48. The van der Waals surface area contributed by atoms with E-state index in [0.29, 0.717) is 6.16 Å². The molecule has 1 N–H and O–H groups in total. The summed E-state index contributed by atoms with van der Waals surface area (Å²) in [6.07, 6.45) is 12.5. The second kappa shape index (κ2) is 8.95. The van der Waals surface area contributed by atoms with E-state index in [1.165, 1.54) is 57.0 Å². The summed E-state index contributed by atoms with van der Waals surface area (Å²) in [5.74, 6) is -0.553. The zero-order valence-electron chi connectivity index (χ0n) is 13.6. The predicted octanol–water partition coefficient (Wildman–Crippen LogP) is 5.04. The molecule has 19 heavy (non-hydrogen) atoms. The molecule has 0 amide bonds. The Morgan fingerprint density at radius 3 is 1.42 bits per heavy atom. The molecule has 0 saturated carbocycles. The normalized spacial score (nSPS) is 14.0. The Bertz CT molecular complexity index is 239. The van der Waals surface area contributed by atoms with E-state index in [2.05, 4.69) is 27.7 Å². The molecule has 0 fully saturated rings. The zero-order chi connectivity index (χ0) is 14.8. The predicted molar refractivity (Wildman–Crippen MR) is 89.3 cm³/mol. The van der Waals surface area contributed by atoms with Gasteiger partial charge >= 0.3 is 120 Å². The number of hydrogen-bond donors (Lipinski definition) is 1. The van der Waals surface area contributed by atoms with Crippen molar-refractivity contribution in [1.82, 2.24) is 0 Å². The average Bonchev–Trinajstić information content (AvgIpc) is 2.40. The van der Waals surface area contributed by atoms with Crippen molar-refractivity contribution in [2.75, 3.05) is 30.8 Å². The third-order valence-electron chi connectivity index (χ3n) is 4.91. The summed E-state index contributed by atoms with van der Waals surface area (Å²) in [4.78, 5) is 11.5. The molecule has 0 unspecified atom stereocenters. The summed E-state index contributed by atoms with van der Waals surface area (Å²) < 4.78 is 0. The molecule has 0 radical (unpaired) electrons. The Morgan fingerprint density at radius 1 is 0.842 bits per heavy atom. The molecule has 0 atom stereocenters. The van der Waals surface area contributed by atoms with Crippen LogP contribution in [0.5, 0.6) is 0 Å². The van der Waals surface area contributed by atoms with Gasteiger partial charge in [-0.3, -0.25) is 0 Å². The van der Waals surface area contributed by atoms with Crippen molar-refractivity contribution in [2.45, 2.75) is 66.2 Å². The van der Waals surface area contributed by atoms with E-state index in [9.17, 15) is 9.90 Å². The number of carboxylic acids is 1. The first kappa shape index (κ1) is 18.9. The van der Waals surface area contributed by atoms with Crippen molar-refractivity contribution in [3.05, 3.63) is 0 Å². The van der Waals surface area contributed by atoms with Crippen LogP contribution in [-0.2, 0) is 4.79 Å². The molecule has 0 aromatic carbocycles. The first-order valence-corrected chi connectivity index (χ1v) is 11.4. The van der Waals surface area contributed by atoms with Crippen LogP contribution in [0, 0.1) is 0 Å². The average molecular weight is 290 g/mol. The van der Waals surface area contributed by atoms with Gasteiger partial charge in [-0.05, 0) is 0 Å². The third kappa shape index (κ3) is 5.81. The first-order chi connectivity index (χ1) is 8.97. The molecule has 0 spiro atoms. The quantitative estimate of drug-likeness (QED) is 0.511. The summed E-state index contributed by atoms with van der Waals surface area (Å²) in [7, 11) is 0. The van der Waals surface area contributed by atoms with Crippen molar-refractivity contribution in [3.63, 3.8) is 0 Å². The van der Waals surface area contributed by atoms with Gasteiger partial charge in [0.25, 0.3) is 0 Å². The van der Waals surface area contributed by atoms with E-state index >= 15 is 0 Å². The van der Waals surface area contributed by atoms with E-state index in [0.717, 1.165) is 6.16 Å². The molecule has 0 aliphatic carbocycles. The second-order valence-electron chi connectivity index (χ2n) is 6.34. The fourth-order valence-corrected chi connectivity index (χ4v) is 10.1. The molecule has 3 heteroatoms. The molecule has 116 valence electrons. The molecule has 0 bridgehead atoms. The summed E-state index contributed by atoms with van der Waals surface area (Å²) in [5.41, 5.74) is 0. The molecule has 0 rings (SSSR count). The Morgan fingerprint density at radius 2 is 1.21 bits per heavy atom. The van der Waals surface area contributed by atoms with E-state index < -0.39 is 12.6 Å². The van der Waals surface area contributed by atoms with Crippen LogP contribution in [0.2, 0.25) is 0 Å². The van der Waals surface area contributed by atoms with Gasteiger partial charge in [0.15, 0.2) is 0 Å². The molecule has 0 heterocycles. The van der Waals surface area contributed by atoms with E-state index in [1.54, 1.807) is 0 Å². The Hall–Kier alpha value is -0.100. The van der Waals surface area contributed by atoms with Gasteiger partial charge in [0.1, 0.15) is 0 Å². The molecule has 0 aliphatic heterocycles. The fraction of sp³-hybridized carbons (Fsp3) is 0.938. The molecule has 0 saturated heterocycles. The molecule has 0 aromatic rings. The van der Waals surface area contributed by atoms with Crippen molar-refractivity contribution in [1.29, 1.82) is 0 Å². The van der Waals surface area contributed by atoms with Gasteiger partial charge in [-0.15, -0.1) is 0 Å². The maximum atomic E-state index is 11.5. The van der Waals surface area contributed by atoms with Gasteiger partial charge in [-0.25, -0.2) is 0 Å². The van der Waals surface area contributed by atoms with Crippen LogP contribution in [-0.4, -0.2) is 41.9 Å². The van der Waals surface area contributed by atoms with Crippen LogP contribution >= 0.6 is 6.60 Å². The van der Waals surface area contributed by atoms with E-state index in [4.69, 9.17) is 0 Å². The van der Waals surface area contributed by atoms with Gasteiger partial charge in [0, 0.05) is 0 Å².